The Kier molecular flexibility index (Phi) is 5.94. The largest absolute Gasteiger partial charge is 0.355 e. The zero-order valence-corrected chi connectivity index (χ0v) is 21.9. The maximum atomic E-state index is 9.07. The molecule has 0 unspecified atom stereocenters. The fourth-order valence-electron chi connectivity index (χ4n) is 3.93. The molecule has 0 fully saturated rings. The van der Waals surface area contributed by atoms with Gasteiger partial charge in [-0.15, -0.1) is 0 Å². The minimum atomic E-state index is -0.0834. The first kappa shape index (κ1) is 23.8. The number of hydrogen-bond acceptors (Lipinski definition) is 7. The summed E-state index contributed by atoms with van der Waals surface area (Å²) in [5.41, 5.74) is 4.15. The van der Waals surface area contributed by atoms with Crippen molar-refractivity contribution in [2.75, 3.05) is 11.9 Å². The van der Waals surface area contributed by atoms with E-state index in [1.807, 2.05) is 0 Å². The van der Waals surface area contributed by atoms with Gasteiger partial charge >= 0.3 is 0 Å². The van der Waals surface area contributed by atoms with Crippen molar-refractivity contribution in [3.63, 3.8) is 0 Å². The van der Waals surface area contributed by atoms with Gasteiger partial charge in [0.2, 0.25) is 0 Å². The van der Waals surface area contributed by atoms with Crippen molar-refractivity contribution < 1.29 is 0 Å². The molecule has 0 amide bonds. The summed E-state index contributed by atoms with van der Waals surface area (Å²) in [5, 5.41) is 15.7. The van der Waals surface area contributed by atoms with E-state index in [2.05, 4.69) is 93.7 Å². The molecule has 0 radical (unpaired) electrons. The van der Waals surface area contributed by atoms with Crippen LogP contribution in [0, 0.1) is 11.3 Å². The molecule has 0 spiro atoms. The zero-order valence-electron chi connectivity index (χ0n) is 21.1. The van der Waals surface area contributed by atoms with Crippen molar-refractivity contribution in [1.29, 1.82) is 5.26 Å². The number of fused-ring (bicyclic) bond motifs is 1. The lowest BCUT2D eigenvalue weighted by atomic mass is 9.79. The Labute approximate surface area is 205 Å². The fourth-order valence-corrected chi connectivity index (χ4v) is 4.85. The normalized spacial score (nSPS) is 13.1. The molecule has 0 saturated carbocycles. The molecule has 4 aromatic rings. The van der Waals surface area contributed by atoms with Gasteiger partial charge in [-0.2, -0.15) is 19.4 Å². The summed E-state index contributed by atoms with van der Waals surface area (Å²) < 4.78 is 6.64. The summed E-state index contributed by atoms with van der Waals surface area (Å²) in [6.45, 7) is 15.6. The number of hydrogen-bond donors (Lipinski definition) is 0. The van der Waals surface area contributed by atoms with E-state index in [1.165, 1.54) is 28.0 Å². The number of nitrogens with zero attached hydrogens (tertiary/aromatic N) is 7. The molecule has 3 heterocycles. The molecule has 34 heavy (non-hydrogen) atoms. The van der Waals surface area contributed by atoms with Crippen LogP contribution in [-0.2, 0) is 10.8 Å². The Hall–Kier alpha value is -3.31. The molecule has 0 aliphatic rings. The molecule has 1 atom stereocenters. The highest BCUT2D eigenvalue weighted by molar-refractivity contribution is 7.11. The van der Waals surface area contributed by atoms with Crippen LogP contribution in [0.2, 0.25) is 0 Å². The third-order valence-corrected chi connectivity index (χ3v) is 7.14. The number of aromatic nitrogens is 5. The third-order valence-electron chi connectivity index (χ3n) is 6.18. The van der Waals surface area contributed by atoms with E-state index in [0.29, 0.717) is 11.4 Å². The molecule has 0 aliphatic heterocycles. The predicted molar refractivity (Wildman–Crippen MR) is 138 cm³/mol. The van der Waals surface area contributed by atoms with Gasteiger partial charge in [-0.1, -0.05) is 47.6 Å². The average Bonchev–Trinajstić information content (AvgIpc) is 3.43. The van der Waals surface area contributed by atoms with Crippen LogP contribution in [0.3, 0.4) is 0 Å². The Morgan fingerprint density at radius 2 is 1.79 bits per heavy atom. The van der Waals surface area contributed by atoms with E-state index in [9.17, 15) is 0 Å². The molecule has 7 nitrogen and oxygen atoms in total. The van der Waals surface area contributed by atoms with Gasteiger partial charge in [0.05, 0.1) is 17.1 Å². The number of nitriles is 1. The SMILES string of the molecule is C[C@@H](c1ncnn1-c1ccc(C#N)cn1)N(C)c1snc2c(C(C)(C)C)cc(C(C)(C)C)cc12. The Morgan fingerprint density at radius 1 is 1.06 bits per heavy atom. The molecule has 176 valence electrons. The second-order valence-corrected chi connectivity index (χ2v) is 11.5. The number of benzene rings is 1. The Balaban J connectivity index is 1.79. The van der Waals surface area contributed by atoms with E-state index >= 15 is 0 Å². The summed E-state index contributed by atoms with van der Waals surface area (Å²) >= 11 is 1.52. The van der Waals surface area contributed by atoms with E-state index in [-0.39, 0.29) is 16.9 Å². The average molecular weight is 474 g/mol. The lowest BCUT2D eigenvalue weighted by molar-refractivity contribution is 0.572. The molecule has 4 rings (SSSR count). The van der Waals surface area contributed by atoms with Crippen molar-refractivity contribution in [2.45, 2.75) is 65.3 Å². The maximum absolute atomic E-state index is 9.07. The van der Waals surface area contributed by atoms with Gasteiger partial charge in [0, 0.05) is 18.6 Å². The van der Waals surface area contributed by atoms with E-state index in [4.69, 9.17) is 9.64 Å². The van der Waals surface area contributed by atoms with Crippen molar-refractivity contribution in [2.24, 2.45) is 0 Å². The van der Waals surface area contributed by atoms with E-state index < -0.39 is 0 Å². The molecule has 0 aliphatic carbocycles. The van der Waals surface area contributed by atoms with Gasteiger partial charge in [-0.05, 0) is 58.6 Å². The standard InChI is InChI=1S/C26H31N7S/c1-16(23-29-15-30-33(23)21-10-9-17(13-27)14-28-21)32(8)24-19-11-18(25(2,3)4)12-20(26(5,6)7)22(19)31-34-24/h9-12,14-16H,1-8H3/t16-/m0/s1. The highest BCUT2D eigenvalue weighted by Crippen LogP contribution is 2.42. The molecular formula is C26H31N7S. The fraction of sp³-hybridized carbons (Fsp3) is 0.423. The summed E-state index contributed by atoms with van der Waals surface area (Å²) in [6.07, 6.45) is 3.09. The summed E-state index contributed by atoms with van der Waals surface area (Å²) in [4.78, 5) is 11.2. The Bertz CT molecular complexity index is 1360. The molecular weight excluding hydrogens is 442 g/mol. The summed E-state index contributed by atoms with van der Waals surface area (Å²) in [5.74, 6) is 1.40. The minimum absolute atomic E-state index is 0.0174. The number of rotatable bonds is 4. The van der Waals surface area contributed by atoms with Crippen LogP contribution in [0.5, 0.6) is 0 Å². The lowest BCUT2D eigenvalue weighted by Crippen LogP contribution is -2.24. The van der Waals surface area contributed by atoms with Gasteiger partial charge in [-0.3, -0.25) is 0 Å². The van der Waals surface area contributed by atoms with Crippen molar-refractivity contribution in [3.8, 4) is 11.9 Å². The molecule has 1 aromatic carbocycles. The quantitative estimate of drug-likeness (QED) is 0.365. The van der Waals surface area contributed by atoms with Gasteiger partial charge < -0.3 is 4.90 Å². The Morgan fingerprint density at radius 3 is 2.38 bits per heavy atom. The molecule has 3 aromatic heterocycles. The molecule has 0 bridgehead atoms. The van der Waals surface area contributed by atoms with Gasteiger partial charge in [0.15, 0.2) is 11.6 Å². The first-order chi connectivity index (χ1) is 15.9. The first-order valence-corrected chi connectivity index (χ1v) is 12.1. The maximum Gasteiger partial charge on any atom is 0.156 e. The van der Waals surface area contributed by atoms with Crippen molar-refractivity contribution in [3.05, 3.63) is 59.3 Å². The number of pyridine rings is 1. The first-order valence-electron chi connectivity index (χ1n) is 11.4. The highest BCUT2D eigenvalue weighted by Gasteiger charge is 2.28. The molecule has 0 N–H and O–H groups in total. The van der Waals surface area contributed by atoms with Gasteiger partial charge in [0.25, 0.3) is 0 Å². The smallest absolute Gasteiger partial charge is 0.156 e. The highest BCUT2D eigenvalue weighted by atomic mass is 32.1. The minimum Gasteiger partial charge on any atom is -0.355 e. The predicted octanol–water partition coefficient (Wildman–Crippen LogP) is 5.94. The summed E-state index contributed by atoms with van der Waals surface area (Å²) in [6, 6.07) is 10.2. The monoisotopic (exact) mass is 473 g/mol. The van der Waals surface area contributed by atoms with E-state index in [1.54, 1.807) is 29.3 Å². The van der Waals surface area contributed by atoms with Crippen LogP contribution >= 0.6 is 11.5 Å². The van der Waals surface area contributed by atoms with Crippen LogP contribution in [0.1, 0.15) is 77.0 Å². The zero-order chi connectivity index (χ0) is 24.8. The van der Waals surface area contributed by atoms with Crippen LogP contribution in [0.15, 0.2) is 36.8 Å². The van der Waals surface area contributed by atoms with Crippen molar-refractivity contribution in [1.82, 2.24) is 24.1 Å². The van der Waals surface area contributed by atoms with Crippen LogP contribution in [-0.4, -0.2) is 31.2 Å². The summed E-state index contributed by atoms with van der Waals surface area (Å²) in [7, 11) is 2.07. The number of anilines is 1. The van der Waals surface area contributed by atoms with Crippen LogP contribution in [0.25, 0.3) is 16.7 Å². The lowest BCUT2D eigenvalue weighted by Gasteiger charge is -2.27. The van der Waals surface area contributed by atoms with Gasteiger partial charge in [0.1, 0.15) is 17.4 Å². The van der Waals surface area contributed by atoms with Gasteiger partial charge in [-0.25, -0.2) is 9.97 Å². The second kappa shape index (κ2) is 8.48. The van der Waals surface area contributed by atoms with Crippen molar-refractivity contribution >= 4 is 27.4 Å². The second-order valence-electron chi connectivity index (χ2n) is 10.7. The topological polar surface area (TPSA) is 83.5 Å². The van der Waals surface area contributed by atoms with Crippen LogP contribution < -0.4 is 4.90 Å². The van der Waals surface area contributed by atoms with E-state index in [0.717, 1.165) is 16.3 Å². The molecule has 8 heteroatoms. The van der Waals surface area contributed by atoms with Crippen LogP contribution in [0.4, 0.5) is 5.00 Å². The third kappa shape index (κ3) is 4.28. The molecule has 0 saturated heterocycles.